The Morgan fingerprint density at radius 1 is 1.36 bits per heavy atom. The lowest BCUT2D eigenvalue weighted by Gasteiger charge is -2.34. The first-order valence-corrected chi connectivity index (χ1v) is 9.11. The lowest BCUT2D eigenvalue weighted by atomic mass is 9.93. The van der Waals surface area contributed by atoms with Gasteiger partial charge in [-0.25, -0.2) is 4.39 Å². The molecule has 142 valence electrons. The van der Waals surface area contributed by atoms with Crippen molar-refractivity contribution in [3.05, 3.63) is 35.6 Å². The van der Waals surface area contributed by atoms with Crippen LogP contribution in [-0.2, 0) is 4.74 Å². The van der Waals surface area contributed by atoms with E-state index in [-0.39, 0.29) is 24.3 Å². The largest absolute Gasteiger partial charge is 0.379 e. The van der Waals surface area contributed by atoms with Crippen LogP contribution in [0.4, 0.5) is 4.39 Å². The molecule has 1 aliphatic heterocycles. The minimum absolute atomic E-state index is 0. The third-order valence-electron chi connectivity index (χ3n) is 5.47. The summed E-state index contributed by atoms with van der Waals surface area (Å²) >= 11 is 0. The molecule has 0 aromatic heterocycles. The molecule has 2 aliphatic rings. The van der Waals surface area contributed by atoms with Gasteiger partial charge in [0, 0.05) is 31.2 Å². The van der Waals surface area contributed by atoms with Crippen LogP contribution in [0.1, 0.15) is 30.9 Å². The molecule has 4 unspecified atom stereocenters. The Kier molecular flexibility index (Phi) is 8.10. The molecular weight excluding hydrogens is 341 g/mol. The first kappa shape index (κ1) is 20.6. The maximum atomic E-state index is 13.6. The van der Waals surface area contributed by atoms with Gasteiger partial charge in [-0.05, 0) is 50.6 Å². The highest BCUT2D eigenvalue weighted by atomic mass is 35.5. The van der Waals surface area contributed by atoms with Gasteiger partial charge >= 0.3 is 0 Å². The molecule has 25 heavy (non-hydrogen) atoms. The molecule has 0 amide bonds. The maximum absolute atomic E-state index is 13.6. The molecule has 1 saturated carbocycles. The van der Waals surface area contributed by atoms with Crippen LogP contribution in [0, 0.1) is 11.7 Å². The Balaban J connectivity index is 0.00000225. The zero-order valence-corrected chi connectivity index (χ0v) is 16.0. The zero-order chi connectivity index (χ0) is 16.9. The van der Waals surface area contributed by atoms with Gasteiger partial charge in [0.1, 0.15) is 5.82 Å². The molecule has 1 aromatic rings. The van der Waals surface area contributed by atoms with Crippen molar-refractivity contribution in [2.24, 2.45) is 5.92 Å². The number of halogens is 2. The molecule has 1 saturated heterocycles. The van der Waals surface area contributed by atoms with Crippen molar-refractivity contribution in [1.82, 2.24) is 15.5 Å². The van der Waals surface area contributed by atoms with Crippen molar-refractivity contribution in [2.45, 2.75) is 37.4 Å². The van der Waals surface area contributed by atoms with Gasteiger partial charge in [0.05, 0.1) is 13.2 Å². The summed E-state index contributed by atoms with van der Waals surface area (Å²) in [6.07, 6.45) is 3.74. The normalized spacial score (nSPS) is 27.9. The number of hydrogen-bond donors (Lipinski definition) is 2. The van der Waals surface area contributed by atoms with Crippen molar-refractivity contribution in [2.75, 3.05) is 40.4 Å². The van der Waals surface area contributed by atoms with E-state index in [2.05, 4.69) is 29.6 Å². The van der Waals surface area contributed by atoms with E-state index in [4.69, 9.17) is 4.74 Å². The molecule has 4 atom stereocenters. The van der Waals surface area contributed by atoms with Gasteiger partial charge in [0.15, 0.2) is 0 Å². The summed E-state index contributed by atoms with van der Waals surface area (Å²) in [6, 6.07) is 8.12. The van der Waals surface area contributed by atoms with Crippen molar-refractivity contribution in [1.29, 1.82) is 0 Å². The van der Waals surface area contributed by atoms with E-state index in [1.807, 2.05) is 6.07 Å². The predicted molar refractivity (Wildman–Crippen MR) is 102 cm³/mol. The summed E-state index contributed by atoms with van der Waals surface area (Å²) in [6.45, 7) is 3.44. The van der Waals surface area contributed by atoms with Gasteiger partial charge in [-0.3, -0.25) is 0 Å². The topological polar surface area (TPSA) is 36.5 Å². The fourth-order valence-electron chi connectivity index (χ4n) is 4.16. The van der Waals surface area contributed by atoms with Crippen LogP contribution in [0.25, 0.3) is 0 Å². The molecule has 1 aliphatic carbocycles. The smallest absolute Gasteiger partial charge is 0.123 e. The van der Waals surface area contributed by atoms with Gasteiger partial charge in [-0.15, -0.1) is 12.4 Å². The van der Waals surface area contributed by atoms with E-state index in [1.165, 1.54) is 25.3 Å². The van der Waals surface area contributed by atoms with Gasteiger partial charge in [0.25, 0.3) is 0 Å². The highest BCUT2D eigenvalue weighted by Gasteiger charge is 2.34. The van der Waals surface area contributed by atoms with Crippen LogP contribution in [0.15, 0.2) is 24.3 Å². The van der Waals surface area contributed by atoms with Gasteiger partial charge in [-0.2, -0.15) is 0 Å². The molecule has 1 heterocycles. The molecule has 0 spiro atoms. The highest BCUT2D eigenvalue weighted by molar-refractivity contribution is 5.85. The molecule has 4 nitrogen and oxygen atoms in total. The highest BCUT2D eigenvalue weighted by Crippen LogP contribution is 2.30. The van der Waals surface area contributed by atoms with E-state index in [0.717, 1.165) is 31.9 Å². The molecule has 6 heteroatoms. The van der Waals surface area contributed by atoms with Crippen LogP contribution in [0.3, 0.4) is 0 Å². The third-order valence-corrected chi connectivity index (χ3v) is 5.47. The molecule has 3 rings (SSSR count). The fraction of sp³-hybridized carbons (Fsp3) is 0.684. The van der Waals surface area contributed by atoms with Crippen LogP contribution in [0.2, 0.25) is 0 Å². The predicted octanol–water partition coefficient (Wildman–Crippen LogP) is 2.60. The second-order valence-corrected chi connectivity index (χ2v) is 7.28. The number of morpholine rings is 1. The number of ether oxygens (including phenoxy) is 1. The standard InChI is InChI=1S/C19H30FN3O.ClH/c1-23(2)19(14-5-3-6-15(20)11-14)12-22-17-8-4-7-16(17)18-13-24-10-9-21-18;/h3,5-6,11,16-19,21-22H,4,7-10,12-13H2,1-2H3;1H. The van der Waals surface area contributed by atoms with E-state index < -0.39 is 0 Å². The molecular formula is C19H31ClFN3O. The van der Waals surface area contributed by atoms with Crippen LogP contribution >= 0.6 is 12.4 Å². The Bertz CT molecular complexity index is 525. The van der Waals surface area contributed by atoms with E-state index in [1.54, 1.807) is 12.1 Å². The minimum Gasteiger partial charge on any atom is -0.379 e. The molecule has 0 bridgehead atoms. The first-order chi connectivity index (χ1) is 11.6. The Labute approximate surface area is 156 Å². The van der Waals surface area contributed by atoms with Gasteiger partial charge in [-0.1, -0.05) is 18.6 Å². The Hall–Kier alpha value is -0.720. The average Bonchev–Trinajstić information content (AvgIpc) is 3.04. The summed E-state index contributed by atoms with van der Waals surface area (Å²) < 4.78 is 19.2. The summed E-state index contributed by atoms with van der Waals surface area (Å²) in [5.74, 6) is 0.460. The summed E-state index contributed by atoms with van der Waals surface area (Å²) in [4.78, 5) is 2.16. The van der Waals surface area contributed by atoms with Gasteiger partial charge in [0.2, 0.25) is 0 Å². The van der Waals surface area contributed by atoms with Crippen LogP contribution in [-0.4, -0.2) is 57.4 Å². The van der Waals surface area contributed by atoms with Crippen LogP contribution < -0.4 is 10.6 Å². The first-order valence-electron chi connectivity index (χ1n) is 9.11. The fourth-order valence-corrected chi connectivity index (χ4v) is 4.16. The number of nitrogens with one attached hydrogen (secondary N) is 2. The second-order valence-electron chi connectivity index (χ2n) is 7.28. The van der Waals surface area contributed by atoms with Crippen molar-refractivity contribution >= 4 is 12.4 Å². The SMILES string of the molecule is CN(C)C(CNC1CCCC1C1COCCN1)c1cccc(F)c1.Cl. The molecule has 2 fully saturated rings. The number of benzene rings is 1. The monoisotopic (exact) mass is 371 g/mol. The number of hydrogen-bond acceptors (Lipinski definition) is 4. The van der Waals surface area contributed by atoms with E-state index in [0.29, 0.717) is 18.0 Å². The summed E-state index contributed by atoms with van der Waals surface area (Å²) in [5, 5.41) is 7.38. The zero-order valence-electron chi connectivity index (χ0n) is 15.2. The summed E-state index contributed by atoms with van der Waals surface area (Å²) in [5.41, 5.74) is 1.03. The average molecular weight is 372 g/mol. The van der Waals surface area contributed by atoms with Crippen molar-refractivity contribution in [3.63, 3.8) is 0 Å². The van der Waals surface area contributed by atoms with E-state index in [9.17, 15) is 4.39 Å². The van der Waals surface area contributed by atoms with E-state index >= 15 is 0 Å². The maximum Gasteiger partial charge on any atom is 0.123 e. The van der Waals surface area contributed by atoms with Crippen LogP contribution in [0.5, 0.6) is 0 Å². The van der Waals surface area contributed by atoms with Crippen molar-refractivity contribution in [3.8, 4) is 0 Å². The Morgan fingerprint density at radius 2 is 2.20 bits per heavy atom. The molecule has 1 aromatic carbocycles. The molecule has 2 N–H and O–H groups in total. The number of rotatable bonds is 6. The molecule has 0 radical (unpaired) electrons. The van der Waals surface area contributed by atoms with Gasteiger partial charge < -0.3 is 20.3 Å². The minimum atomic E-state index is -0.165. The lowest BCUT2D eigenvalue weighted by Crippen LogP contribution is -2.51. The number of nitrogens with zero attached hydrogens (tertiary/aromatic N) is 1. The Morgan fingerprint density at radius 3 is 2.88 bits per heavy atom. The third kappa shape index (κ3) is 5.38. The summed E-state index contributed by atoms with van der Waals surface area (Å²) in [7, 11) is 4.11. The quantitative estimate of drug-likeness (QED) is 0.806. The van der Waals surface area contributed by atoms with Crippen molar-refractivity contribution < 1.29 is 9.13 Å². The second kappa shape index (κ2) is 9.83. The lowest BCUT2D eigenvalue weighted by molar-refractivity contribution is 0.0520. The number of likely N-dealkylation sites (N-methyl/N-ethyl adjacent to an activating group) is 1.